The first-order valence-corrected chi connectivity index (χ1v) is 8.51. The second-order valence-corrected chi connectivity index (χ2v) is 6.20. The zero-order valence-electron chi connectivity index (χ0n) is 14.8. The van der Waals surface area contributed by atoms with E-state index in [-0.39, 0.29) is 12.3 Å². The van der Waals surface area contributed by atoms with Gasteiger partial charge in [-0.05, 0) is 37.1 Å². The fraction of sp³-hybridized carbons (Fsp3) is 0.350. The van der Waals surface area contributed by atoms with Gasteiger partial charge in [0.1, 0.15) is 0 Å². The van der Waals surface area contributed by atoms with E-state index in [0.717, 1.165) is 17.7 Å². The standard InChI is InChI=1S/C20H23F3N2O/c1-3-25(19(26)13-18(24)15-8-5-4-6-9-15)14(2)16-10-7-11-17(12-16)20(21,22)23/h4-12,14,18H,3,13,24H2,1-2H3. The van der Waals surface area contributed by atoms with E-state index in [1.54, 1.807) is 24.8 Å². The molecule has 2 atom stereocenters. The highest BCUT2D eigenvalue weighted by Crippen LogP contribution is 2.32. The van der Waals surface area contributed by atoms with Gasteiger partial charge in [-0.25, -0.2) is 0 Å². The molecule has 0 aliphatic carbocycles. The number of carbonyl (C=O) groups is 1. The molecule has 0 aliphatic rings. The van der Waals surface area contributed by atoms with Gasteiger partial charge in [-0.3, -0.25) is 4.79 Å². The fourth-order valence-electron chi connectivity index (χ4n) is 2.94. The average Bonchev–Trinajstić information content (AvgIpc) is 2.62. The first-order chi connectivity index (χ1) is 12.2. The molecule has 0 spiro atoms. The van der Waals surface area contributed by atoms with Crippen LogP contribution in [-0.2, 0) is 11.0 Å². The highest BCUT2D eigenvalue weighted by atomic mass is 19.4. The van der Waals surface area contributed by atoms with Crippen LogP contribution in [0.15, 0.2) is 54.6 Å². The number of carbonyl (C=O) groups excluding carboxylic acids is 1. The number of nitrogens with zero attached hydrogens (tertiary/aromatic N) is 1. The molecule has 2 aromatic rings. The summed E-state index contributed by atoms with van der Waals surface area (Å²) in [5, 5.41) is 0. The predicted molar refractivity (Wildman–Crippen MR) is 95.2 cm³/mol. The molecule has 2 aromatic carbocycles. The summed E-state index contributed by atoms with van der Waals surface area (Å²) in [6, 6.07) is 13.4. The Morgan fingerprint density at radius 2 is 1.69 bits per heavy atom. The number of halogens is 3. The molecule has 2 N–H and O–H groups in total. The molecule has 140 valence electrons. The van der Waals surface area contributed by atoms with E-state index >= 15 is 0 Å². The van der Waals surface area contributed by atoms with Crippen molar-refractivity contribution in [2.24, 2.45) is 5.73 Å². The van der Waals surface area contributed by atoms with Gasteiger partial charge in [-0.15, -0.1) is 0 Å². The van der Waals surface area contributed by atoms with E-state index in [9.17, 15) is 18.0 Å². The summed E-state index contributed by atoms with van der Waals surface area (Å²) in [6.45, 7) is 3.92. The summed E-state index contributed by atoms with van der Waals surface area (Å²) in [7, 11) is 0. The minimum absolute atomic E-state index is 0.0984. The summed E-state index contributed by atoms with van der Waals surface area (Å²) >= 11 is 0. The molecule has 6 heteroatoms. The van der Waals surface area contributed by atoms with Crippen LogP contribution in [0.25, 0.3) is 0 Å². The smallest absolute Gasteiger partial charge is 0.336 e. The van der Waals surface area contributed by atoms with Crippen LogP contribution in [0.5, 0.6) is 0 Å². The van der Waals surface area contributed by atoms with Gasteiger partial charge in [0.2, 0.25) is 5.91 Å². The molecule has 1 amide bonds. The third kappa shape index (κ3) is 4.85. The summed E-state index contributed by atoms with van der Waals surface area (Å²) in [4.78, 5) is 14.2. The van der Waals surface area contributed by atoms with Crippen molar-refractivity contribution in [3.05, 3.63) is 71.3 Å². The van der Waals surface area contributed by atoms with Crippen molar-refractivity contribution in [1.29, 1.82) is 0 Å². The highest BCUT2D eigenvalue weighted by Gasteiger charge is 2.31. The van der Waals surface area contributed by atoms with E-state index in [4.69, 9.17) is 5.73 Å². The molecule has 0 aromatic heterocycles. The first-order valence-electron chi connectivity index (χ1n) is 8.51. The van der Waals surface area contributed by atoms with Crippen LogP contribution in [-0.4, -0.2) is 17.4 Å². The molecule has 0 saturated heterocycles. The van der Waals surface area contributed by atoms with Crippen molar-refractivity contribution < 1.29 is 18.0 Å². The Bertz CT molecular complexity index is 731. The van der Waals surface area contributed by atoms with Crippen molar-refractivity contribution in [3.63, 3.8) is 0 Å². The van der Waals surface area contributed by atoms with Gasteiger partial charge < -0.3 is 10.6 Å². The number of nitrogens with two attached hydrogens (primary N) is 1. The Morgan fingerprint density at radius 3 is 2.27 bits per heavy atom. The third-order valence-corrected chi connectivity index (χ3v) is 4.45. The summed E-state index contributed by atoms with van der Waals surface area (Å²) in [6.07, 6.45) is -4.31. The van der Waals surface area contributed by atoms with Crippen LogP contribution in [0.4, 0.5) is 13.2 Å². The van der Waals surface area contributed by atoms with Gasteiger partial charge in [0.25, 0.3) is 0 Å². The Morgan fingerprint density at radius 1 is 1.08 bits per heavy atom. The fourth-order valence-corrected chi connectivity index (χ4v) is 2.94. The molecule has 0 aliphatic heterocycles. The molecule has 26 heavy (non-hydrogen) atoms. The molecule has 2 unspecified atom stereocenters. The second-order valence-electron chi connectivity index (χ2n) is 6.20. The van der Waals surface area contributed by atoms with Gasteiger partial charge in [-0.1, -0.05) is 42.5 Å². The minimum atomic E-state index is -4.41. The van der Waals surface area contributed by atoms with Crippen molar-refractivity contribution >= 4 is 5.91 Å². The SMILES string of the molecule is CCN(C(=O)CC(N)c1ccccc1)C(C)c1cccc(C(F)(F)F)c1. The highest BCUT2D eigenvalue weighted by molar-refractivity contribution is 5.77. The van der Waals surface area contributed by atoms with E-state index < -0.39 is 23.8 Å². The summed E-state index contributed by atoms with van der Waals surface area (Å²) < 4.78 is 38.8. The minimum Gasteiger partial charge on any atom is -0.336 e. The van der Waals surface area contributed by atoms with E-state index in [2.05, 4.69) is 0 Å². The third-order valence-electron chi connectivity index (χ3n) is 4.45. The number of benzene rings is 2. The van der Waals surface area contributed by atoms with Gasteiger partial charge in [0.15, 0.2) is 0 Å². The summed E-state index contributed by atoms with van der Waals surface area (Å²) in [5.74, 6) is -0.186. The Hall–Kier alpha value is -2.34. The van der Waals surface area contributed by atoms with Crippen molar-refractivity contribution in [2.45, 2.75) is 38.5 Å². The van der Waals surface area contributed by atoms with Crippen LogP contribution < -0.4 is 5.73 Å². The molecule has 0 heterocycles. The zero-order chi connectivity index (χ0) is 19.3. The van der Waals surface area contributed by atoms with Crippen LogP contribution in [0.2, 0.25) is 0 Å². The lowest BCUT2D eigenvalue weighted by Crippen LogP contribution is -2.35. The van der Waals surface area contributed by atoms with Gasteiger partial charge in [0, 0.05) is 19.0 Å². The van der Waals surface area contributed by atoms with Crippen LogP contribution in [0.1, 0.15) is 49.0 Å². The molecule has 0 radical (unpaired) electrons. The maximum atomic E-state index is 12.9. The topological polar surface area (TPSA) is 46.3 Å². The lowest BCUT2D eigenvalue weighted by molar-refractivity contribution is -0.137. The lowest BCUT2D eigenvalue weighted by Gasteiger charge is -2.30. The normalized spacial score (nSPS) is 13.9. The van der Waals surface area contributed by atoms with Gasteiger partial charge >= 0.3 is 6.18 Å². The van der Waals surface area contributed by atoms with E-state index in [0.29, 0.717) is 12.1 Å². The number of hydrogen-bond acceptors (Lipinski definition) is 2. The largest absolute Gasteiger partial charge is 0.416 e. The maximum Gasteiger partial charge on any atom is 0.416 e. The van der Waals surface area contributed by atoms with Gasteiger partial charge in [0.05, 0.1) is 11.6 Å². The number of rotatable bonds is 6. The Labute approximate surface area is 151 Å². The molecule has 0 bridgehead atoms. The average molecular weight is 364 g/mol. The van der Waals surface area contributed by atoms with Crippen molar-refractivity contribution in [1.82, 2.24) is 4.90 Å². The predicted octanol–water partition coefficient (Wildman–Crippen LogP) is 4.71. The number of hydrogen-bond donors (Lipinski definition) is 1. The van der Waals surface area contributed by atoms with E-state index in [1.165, 1.54) is 6.07 Å². The van der Waals surface area contributed by atoms with E-state index in [1.807, 2.05) is 30.3 Å². The van der Waals surface area contributed by atoms with Gasteiger partial charge in [-0.2, -0.15) is 13.2 Å². The number of amides is 1. The molecule has 2 rings (SSSR count). The molecule has 0 saturated carbocycles. The van der Waals surface area contributed by atoms with Crippen LogP contribution in [0, 0.1) is 0 Å². The lowest BCUT2D eigenvalue weighted by atomic mass is 10.0. The molecule has 3 nitrogen and oxygen atoms in total. The first kappa shape index (κ1) is 20.0. The molecule has 0 fully saturated rings. The Balaban J connectivity index is 2.15. The van der Waals surface area contributed by atoms with Crippen molar-refractivity contribution in [3.8, 4) is 0 Å². The quantitative estimate of drug-likeness (QED) is 0.807. The zero-order valence-corrected chi connectivity index (χ0v) is 14.8. The van der Waals surface area contributed by atoms with Crippen LogP contribution in [0.3, 0.4) is 0 Å². The Kier molecular flexibility index (Phi) is 6.42. The summed E-state index contributed by atoms with van der Waals surface area (Å²) in [5.41, 5.74) is 6.69. The molecular weight excluding hydrogens is 341 g/mol. The second kappa shape index (κ2) is 8.36. The monoisotopic (exact) mass is 364 g/mol. The van der Waals surface area contributed by atoms with Crippen LogP contribution >= 0.6 is 0 Å². The maximum absolute atomic E-state index is 12.9. The molecular formula is C20H23F3N2O. The van der Waals surface area contributed by atoms with Crippen molar-refractivity contribution in [2.75, 3.05) is 6.54 Å². The number of alkyl halides is 3.